The first kappa shape index (κ1) is 30.9. The molecule has 0 aliphatic rings. The third-order valence-electron chi connectivity index (χ3n) is 11.7. The van der Waals surface area contributed by atoms with Gasteiger partial charge in [-0.3, -0.25) is 4.57 Å². The zero-order chi connectivity index (χ0) is 37.2. The van der Waals surface area contributed by atoms with Crippen molar-refractivity contribution in [2.24, 2.45) is 0 Å². The van der Waals surface area contributed by atoms with Crippen LogP contribution in [-0.4, -0.2) is 23.9 Å². The molecule has 5 aromatic heterocycles. The van der Waals surface area contributed by atoms with Crippen LogP contribution < -0.4 is 0 Å². The molecule has 0 unspecified atom stereocenters. The summed E-state index contributed by atoms with van der Waals surface area (Å²) in [5, 5.41) is 12.3. The SMILES string of the molecule is c1ccc(-c2nc(-c3ccccc3)nc(-n3c4ccccc4c4c3ccc3c5ccc6sc7cccc8c9ccccc9c9ccccc9n(c5c6c78)c34)n2)cc1. The molecule has 5 nitrogen and oxygen atoms in total. The lowest BCUT2D eigenvalue weighted by Crippen LogP contribution is -2.06. The van der Waals surface area contributed by atoms with Crippen LogP contribution in [0.4, 0.5) is 0 Å². The van der Waals surface area contributed by atoms with E-state index in [2.05, 4.69) is 148 Å². The van der Waals surface area contributed by atoms with Crippen LogP contribution in [0.15, 0.2) is 176 Å². The van der Waals surface area contributed by atoms with Gasteiger partial charge in [0.2, 0.25) is 5.95 Å². The van der Waals surface area contributed by atoms with Crippen LogP contribution in [-0.2, 0) is 0 Å². The van der Waals surface area contributed by atoms with E-state index in [1.54, 1.807) is 0 Å². The molecular formula is C51H29N5S. The van der Waals surface area contributed by atoms with Gasteiger partial charge in [0.25, 0.3) is 0 Å². The maximum Gasteiger partial charge on any atom is 0.238 e. The molecule has 0 radical (unpaired) electrons. The van der Waals surface area contributed by atoms with E-state index in [9.17, 15) is 0 Å². The Balaban J connectivity index is 1.27. The van der Waals surface area contributed by atoms with Crippen molar-refractivity contribution in [1.82, 2.24) is 23.9 Å². The smallest absolute Gasteiger partial charge is 0.238 e. The van der Waals surface area contributed by atoms with Crippen LogP contribution in [0.3, 0.4) is 0 Å². The number of aromatic nitrogens is 5. The summed E-state index contributed by atoms with van der Waals surface area (Å²) in [7, 11) is 0. The Kier molecular flexibility index (Phi) is 6.26. The number of thiophene rings is 1. The first-order chi connectivity index (χ1) is 28.3. The van der Waals surface area contributed by atoms with Crippen molar-refractivity contribution in [3.05, 3.63) is 176 Å². The summed E-state index contributed by atoms with van der Waals surface area (Å²) >= 11 is 1.88. The first-order valence-corrected chi connectivity index (χ1v) is 20.0. The van der Waals surface area contributed by atoms with E-state index in [4.69, 9.17) is 15.0 Å². The van der Waals surface area contributed by atoms with Gasteiger partial charge in [0.15, 0.2) is 11.6 Å². The number of nitrogens with zero attached hydrogens (tertiary/aromatic N) is 5. The Bertz CT molecular complexity index is 3750. The van der Waals surface area contributed by atoms with Gasteiger partial charge >= 0.3 is 0 Å². The van der Waals surface area contributed by atoms with Crippen molar-refractivity contribution in [3.63, 3.8) is 0 Å². The molecular weight excluding hydrogens is 715 g/mol. The van der Waals surface area contributed by atoms with E-state index in [1.807, 2.05) is 47.7 Å². The fourth-order valence-corrected chi connectivity index (χ4v) is 10.5. The van der Waals surface area contributed by atoms with Crippen LogP contribution in [0.2, 0.25) is 0 Å². The number of rotatable bonds is 3. The van der Waals surface area contributed by atoms with Crippen molar-refractivity contribution < 1.29 is 0 Å². The first-order valence-electron chi connectivity index (χ1n) is 19.2. The second-order valence-corrected chi connectivity index (χ2v) is 15.8. The summed E-state index contributed by atoms with van der Waals surface area (Å²) in [5.41, 5.74) is 7.53. The summed E-state index contributed by atoms with van der Waals surface area (Å²) in [6.45, 7) is 0. The molecule has 264 valence electrons. The van der Waals surface area contributed by atoms with Gasteiger partial charge in [-0.05, 0) is 46.5 Å². The second-order valence-electron chi connectivity index (χ2n) is 14.7. The molecule has 0 bridgehead atoms. The molecule has 0 N–H and O–H groups in total. The van der Waals surface area contributed by atoms with Crippen molar-refractivity contribution in [2.75, 3.05) is 0 Å². The summed E-state index contributed by atoms with van der Waals surface area (Å²) in [5.74, 6) is 1.85. The number of fused-ring (bicyclic) bond motifs is 12. The van der Waals surface area contributed by atoms with Crippen molar-refractivity contribution in [1.29, 1.82) is 0 Å². The van der Waals surface area contributed by atoms with Crippen LogP contribution in [0.25, 0.3) is 120 Å². The van der Waals surface area contributed by atoms with Gasteiger partial charge in [-0.1, -0.05) is 146 Å². The fourth-order valence-electron chi connectivity index (χ4n) is 9.37. The lowest BCUT2D eigenvalue weighted by Gasteiger charge is -2.11. The molecule has 0 aliphatic carbocycles. The average Bonchev–Trinajstić information content (AvgIpc) is 3.95. The quantitative estimate of drug-likeness (QED) is 0.181. The molecule has 0 amide bonds. The molecule has 57 heavy (non-hydrogen) atoms. The van der Waals surface area contributed by atoms with E-state index in [0.29, 0.717) is 17.6 Å². The maximum absolute atomic E-state index is 5.24. The van der Waals surface area contributed by atoms with Crippen LogP contribution in [0, 0.1) is 0 Å². The van der Waals surface area contributed by atoms with Crippen LogP contribution in [0.5, 0.6) is 0 Å². The van der Waals surface area contributed by atoms with E-state index in [-0.39, 0.29) is 0 Å². The maximum atomic E-state index is 5.24. The van der Waals surface area contributed by atoms with Crippen molar-refractivity contribution in [3.8, 4) is 28.7 Å². The molecule has 13 rings (SSSR count). The summed E-state index contributed by atoms with van der Waals surface area (Å²) in [6, 6.07) is 63.0. The van der Waals surface area contributed by atoms with Gasteiger partial charge < -0.3 is 4.40 Å². The third kappa shape index (κ3) is 4.25. The van der Waals surface area contributed by atoms with Gasteiger partial charge in [0.1, 0.15) is 0 Å². The van der Waals surface area contributed by atoms with E-state index >= 15 is 0 Å². The molecule has 0 saturated heterocycles. The predicted molar refractivity (Wildman–Crippen MR) is 239 cm³/mol. The zero-order valence-electron chi connectivity index (χ0n) is 30.4. The predicted octanol–water partition coefficient (Wildman–Crippen LogP) is 13.5. The summed E-state index contributed by atoms with van der Waals surface area (Å²) in [6.07, 6.45) is 0. The molecule has 8 aromatic carbocycles. The number of hydrogen-bond donors (Lipinski definition) is 0. The Morgan fingerprint density at radius 1 is 0.333 bits per heavy atom. The number of hydrogen-bond acceptors (Lipinski definition) is 4. The second kappa shape index (κ2) is 11.6. The Morgan fingerprint density at radius 2 is 0.877 bits per heavy atom. The summed E-state index contributed by atoms with van der Waals surface area (Å²) < 4.78 is 7.40. The van der Waals surface area contributed by atoms with Crippen LogP contribution in [0.1, 0.15) is 0 Å². The van der Waals surface area contributed by atoms with E-state index in [0.717, 1.165) is 38.4 Å². The molecule has 0 saturated carbocycles. The van der Waals surface area contributed by atoms with Crippen LogP contribution >= 0.6 is 11.3 Å². The Labute approximate surface area is 329 Å². The highest BCUT2D eigenvalue weighted by molar-refractivity contribution is 7.26. The topological polar surface area (TPSA) is 48.0 Å². The molecule has 0 atom stereocenters. The van der Waals surface area contributed by atoms with Gasteiger partial charge in [-0.15, -0.1) is 11.3 Å². The minimum Gasteiger partial charge on any atom is -0.307 e. The minimum absolute atomic E-state index is 0.582. The monoisotopic (exact) mass is 743 g/mol. The number of para-hydroxylation sites is 2. The lowest BCUT2D eigenvalue weighted by molar-refractivity contribution is 0.953. The molecule has 0 fully saturated rings. The highest BCUT2D eigenvalue weighted by atomic mass is 32.1. The van der Waals surface area contributed by atoms with E-state index < -0.39 is 0 Å². The molecule has 5 heterocycles. The van der Waals surface area contributed by atoms with Crippen molar-refractivity contribution >= 4 is 102 Å². The Morgan fingerprint density at radius 3 is 1.60 bits per heavy atom. The fraction of sp³-hybridized carbons (Fsp3) is 0. The van der Waals surface area contributed by atoms with Gasteiger partial charge in [-0.25, -0.2) is 4.98 Å². The Hall–Kier alpha value is -7.41. The molecule has 6 heteroatoms. The molecule has 0 spiro atoms. The highest BCUT2D eigenvalue weighted by Gasteiger charge is 2.24. The third-order valence-corrected chi connectivity index (χ3v) is 12.8. The standard InChI is InChI=1S/C51H29N5S/c1-3-14-30(15-4-1)49-52-50(31-16-5-2-6-17-31)54-51(53-49)55-40-24-12-10-21-38(40)44-41(55)28-26-36-37-27-29-43-46-45-35(22-13-25-42(45)57-43)33-19-8-7-18-32(33)34-20-9-11-23-39(34)56(47(36)44)48(37)46/h1-29H. The number of benzene rings is 8. The highest BCUT2D eigenvalue weighted by Crippen LogP contribution is 2.48. The zero-order valence-corrected chi connectivity index (χ0v) is 31.2. The van der Waals surface area contributed by atoms with E-state index in [1.165, 1.54) is 63.5 Å². The largest absolute Gasteiger partial charge is 0.307 e. The molecule has 0 aliphatic heterocycles. The average molecular weight is 744 g/mol. The van der Waals surface area contributed by atoms with Gasteiger partial charge in [0.05, 0.1) is 27.6 Å². The normalized spacial score (nSPS) is 12.2. The van der Waals surface area contributed by atoms with Gasteiger partial charge in [-0.2, -0.15) is 9.97 Å². The molecule has 13 aromatic rings. The lowest BCUT2D eigenvalue weighted by atomic mass is 10.0. The van der Waals surface area contributed by atoms with Crippen molar-refractivity contribution in [2.45, 2.75) is 0 Å². The van der Waals surface area contributed by atoms with Gasteiger partial charge in [0, 0.05) is 58.2 Å². The minimum atomic E-state index is 0.582. The summed E-state index contributed by atoms with van der Waals surface area (Å²) in [4.78, 5) is 15.5.